The number of phenols is 2. The molecule has 0 atom stereocenters. The van der Waals surface area contributed by atoms with Crippen LogP contribution in [0.1, 0.15) is 38.5 Å². The number of rotatable bonds is 3. The van der Waals surface area contributed by atoms with Crippen molar-refractivity contribution in [3.05, 3.63) is 18.2 Å². The van der Waals surface area contributed by atoms with Gasteiger partial charge in [0.1, 0.15) is 0 Å². The van der Waals surface area contributed by atoms with Crippen molar-refractivity contribution in [2.24, 2.45) is 23.2 Å². The summed E-state index contributed by atoms with van der Waals surface area (Å²) in [6, 6.07) is 4.72. The molecule has 7 heteroatoms. The number of anilines is 1. The van der Waals surface area contributed by atoms with Gasteiger partial charge in [0.15, 0.2) is 16.5 Å². The maximum atomic E-state index is 13.1. The van der Waals surface area contributed by atoms with E-state index in [2.05, 4.69) is 15.5 Å². The minimum absolute atomic E-state index is 0.0828. The monoisotopic (exact) mass is 371 g/mol. The van der Waals surface area contributed by atoms with Gasteiger partial charge in [0, 0.05) is 0 Å². The van der Waals surface area contributed by atoms with Gasteiger partial charge in [-0.1, -0.05) is 17.4 Å². The van der Waals surface area contributed by atoms with Crippen LogP contribution < -0.4 is 5.32 Å². The molecule has 1 heterocycles. The van der Waals surface area contributed by atoms with Gasteiger partial charge in [0.05, 0.1) is 11.0 Å². The summed E-state index contributed by atoms with van der Waals surface area (Å²) in [6.07, 6.45) is 6.91. The number of carbonyl (C=O) groups is 1. The van der Waals surface area contributed by atoms with Gasteiger partial charge in [0.25, 0.3) is 0 Å². The molecular formula is C19H21N3O3S. The molecule has 1 amide bonds. The average Bonchev–Trinajstić information content (AvgIpc) is 3.04. The standard InChI is InChI=1S/C19H21N3O3S/c23-14-3-1-2-13(15(14)24)16-21-22-18(26-16)20-17(25)19-7-10-4-11(8-19)6-12(5-10)9-19/h1-3,10-12,23-24H,4-9H2,(H,20,22,25). The summed E-state index contributed by atoms with van der Waals surface area (Å²) >= 11 is 1.22. The molecule has 4 bridgehead atoms. The van der Waals surface area contributed by atoms with Crippen molar-refractivity contribution < 1.29 is 15.0 Å². The van der Waals surface area contributed by atoms with E-state index in [4.69, 9.17) is 0 Å². The summed E-state index contributed by atoms with van der Waals surface area (Å²) in [6.45, 7) is 0. The number of hydrogen-bond acceptors (Lipinski definition) is 6. The van der Waals surface area contributed by atoms with Crippen LogP contribution in [0.4, 0.5) is 5.13 Å². The molecule has 1 aromatic carbocycles. The average molecular weight is 371 g/mol. The van der Waals surface area contributed by atoms with E-state index in [1.807, 2.05) is 0 Å². The van der Waals surface area contributed by atoms with Crippen LogP contribution in [0.25, 0.3) is 10.6 Å². The Hall–Kier alpha value is -2.15. The summed E-state index contributed by atoms with van der Waals surface area (Å²) in [5.41, 5.74) is 0.186. The zero-order valence-electron chi connectivity index (χ0n) is 14.3. The normalized spacial score (nSPS) is 31.9. The minimum Gasteiger partial charge on any atom is -0.504 e. The van der Waals surface area contributed by atoms with Gasteiger partial charge in [-0.3, -0.25) is 4.79 Å². The van der Waals surface area contributed by atoms with Crippen molar-refractivity contribution in [1.29, 1.82) is 0 Å². The number of carbonyl (C=O) groups excluding carboxylic acids is 1. The van der Waals surface area contributed by atoms with Crippen LogP contribution >= 0.6 is 11.3 Å². The van der Waals surface area contributed by atoms with Crippen molar-refractivity contribution in [1.82, 2.24) is 10.2 Å². The molecule has 136 valence electrons. The summed E-state index contributed by atoms with van der Waals surface area (Å²) in [5, 5.41) is 31.7. The Morgan fingerprint density at radius 1 is 1.08 bits per heavy atom. The van der Waals surface area contributed by atoms with Gasteiger partial charge in [-0.05, 0) is 68.4 Å². The second-order valence-corrected chi connectivity index (χ2v) is 9.22. The van der Waals surface area contributed by atoms with Crippen LogP contribution in [-0.4, -0.2) is 26.3 Å². The molecule has 0 spiro atoms. The van der Waals surface area contributed by atoms with Gasteiger partial charge >= 0.3 is 0 Å². The smallest absolute Gasteiger partial charge is 0.232 e. The Kier molecular flexibility index (Phi) is 3.50. The van der Waals surface area contributed by atoms with E-state index in [-0.39, 0.29) is 22.8 Å². The van der Waals surface area contributed by atoms with Gasteiger partial charge in [-0.15, -0.1) is 10.2 Å². The molecule has 3 N–H and O–H groups in total. The second kappa shape index (κ2) is 5.67. The predicted octanol–water partition coefficient (Wildman–Crippen LogP) is 3.77. The first kappa shape index (κ1) is 16.1. The number of nitrogens with zero attached hydrogens (tertiary/aromatic N) is 2. The molecule has 0 saturated heterocycles. The Morgan fingerprint density at radius 2 is 1.73 bits per heavy atom. The van der Waals surface area contributed by atoms with Crippen molar-refractivity contribution in [2.45, 2.75) is 38.5 Å². The molecule has 0 radical (unpaired) electrons. The zero-order valence-corrected chi connectivity index (χ0v) is 15.1. The van der Waals surface area contributed by atoms with Crippen molar-refractivity contribution in [3.63, 3.8) is 0 Å². The van der Waals surface area contributed by atoms with Crippen LogP contribution in [0.5, 0.6) is 11.5 Å². The predicted molar refractivity (Wildman–Crippen MR) is 97.9 cm³/mol. The minimum atomic E-state index is -0.228. The topological polar surface area (TPSA) is 95.3 Å². The van der Waals surface area contributed by atoms with E-state index in [0.29, 0.717) is 33.5 Å². The number of aromatic hydroxyl groups is 2. The maximum absolute atomic E-state index is 13.1. The highest BCUT2D eigenvalue weighted by Gasteiger charge is 2.54. The molecule has 1 aromatic heterocycles. The first-order valence-electron chi connectivity index (χ1n) is 9.19. The summed E-state index contributed by atoms with van der Waals surface area (Å²) in [5.74, 6) is 1.79. The van der Waals surface area contributed by atoms with E-state index in [1.54, 1.807) is 12.1 Å². The fourth-order valence-electron chi connectivity index (χ4n) is 5.70. The number of hydrogen-bond donors (Lipinski definition) is 3. The third kappa shape index (κ3) is 2.48. The first-order valence-corrected chi connectivity index (χ1v) is 10.0. The summed E-state index contributed by atoms with van der Waals surface area (Å²) < 4.78 is 0. The lowest BCUT2D eigenvalue weighted by molar-refractivity contribution is -0.140. The second-order valence-electron chi connectivity index (χ2n) is 8.24. The molecule has 0 aliphatic heterocycles. The van der Waals surface area contributed by atoms with Gasteiger partial charge in [0.2, 0.25) is 11.0 Å². The molecule has 0 unspecified atom stereocenters. The van der Waals surface area contributed by atoms with E-state index < -0.39 is 0 Å². The lowest BCUT2D eigenvalue weighted by Crippen LogP contribution is -2.51. The Bertz CT molecular complexity index is 843. The van der Waals surface area contributed by atoms with E-state index >= 15 is 0 Å². The third-order valence-electron chi connectivity index (χ3n) is 6.41. The number of amides is 1. The fraction of sp³-hybridized carbons (Fsp3) is 0.526. The van der Waals surface area contributed by atoms with Gasteiger partial charge in [-0.2, -0.15) is 0 Å². The highest BCUT2D eigenvalue weighted by Crippen LogP contribution is 2.60. The summed E-state index contributed by atoms with van der Waals surface area (Å²) in [7, 11) is 0. The van der Waals surface area contributed by atoms with E-state index in [1.165, 1.54) is 36.7 Å². The molecule has 4 saturated carbocycles. The maximum Gasteiger partial charge on any atom is 0.232 e. The lowest BCUT2D eigenvalue weighted by atomic mass is 9.49. The summed E-state index contributed by atoms with van der Waals surface area (Å²) in [4.78, 5) is 13.1. The molecule has 4 aliphatic rings. The van der Waals surface area contributed by atoms with Crippen molar-refractivity contribution >= 4 is 22.4 Å². The Morgan fingerprint density at radius 3 is 2.38 bits per heavy atom. The largest absolute Gasteiger partial charge is 0.504 e. The lowest BCUT2D eigenvalue weighted by Gasteiger charge is -2.55. The highest BCUT2D eigenvalue weighted by atomic mass is 32.1. The molecule has 6 rings (SSSR count). The molecule has 4 fully saturated rings. The fourth-order valence-corrected chi connectivity index (χ4v) is 6.47. The van der Waals surface area contributed by atoms with Gasteiger partial charge < -0.3 is 15.5 Å². The first-order chi connectivity index (χ1) is 12.5. The molecule has 26 heavy (non-hydrogen) atoms. The van der Waals surface area contributed by atoms with Crippen molar-refractivity contribution in [3.8, 4) is 22.1 Å². The number of benzene rings is 1. The molecule has 4 aliphatic carbocycles. The molecular weight excluding hydrogens is 350 g/mol. The number of nitrogens with one attached hydrogen (secondary N) is 1. The Balaban J connectivity index is 1.37. The van der Waals surface area contributed by atoms with Crippen LogP contribution in [-0.2, 0) is 4.79 Å². The van der Waals surface area contributed by atoms with Crippen molar-refractivity contribution in [2.75, 3.05) is 5.32 Å². The number of aromatic nitrogens is 2. The molecule has 2 aromatic rings. The zero-order chi connectivity index (χ0) is 17.9. The van der Waals surface area contributed by atoms with E-state index in [9.17, 15) is 15.0 Å². The van der Waals surface area contributed by atoms with Gasteiger partial charge in [-0.25, -0.2) is 0 Å². The van der Waals surface area contributed by atoms with Crippen LogP contribution in [0.3, 0.4) is 0 Å². The third-order valence-corrected chi connectivity index (χ3v) is 7.28. The van der Waals surface area contributed by atoms with Crippen LogP contribution in [0.2, 0.25) is 0 Å². The number of para-hydroxylation sites is 1. The Labute approximate surface area is 155 Å². The van der Waals surface area contributed by atoms with E-state index in [0.717, 1.165) is 19.3 Å². The van der Waals surface area contributed by atoms with Crippen LogP contribution in [0.15, 0.2) is 18.2 Å². The quantitative estimate of drug-likeness (QED) is 0.714. The SMILES string of the molecule is O=C(Nc1nnc(-c2cccc(O)c2O)s1)C12CC3CC(CC(C3)C1)C2. The number of phenolic OH excluding ortho intramolecular Hbond substituents is 2. The highest BCUT2D eigenvalue weighted by molar-refractivity contribution is 7.18. The molecule has 6 nitrogen and oxygen atoms in total. The van der Waals surface area contributed by atoms with Crippen LogP contribution in [0, 0.1) is 23.2 Å².